The Morgan fingerprint density at radius 3 is 2.63 bits per heavy atom. The number of anilines is 1. The number of rotatable bonds is 6. The highest BCUT2D eigenvalue weighted by Crippen LogP contribution is 2.32. The van der Waals surface area contributed by atoms with Gasteiger partial charge in [0.1, 0.15) is 11.5 Å². The maximum atomic E-state index is 12.9. The lowest BCUT2D eigenvalue weighted by Crippen LogP contribution is -2.43. The van der Waals surface area contributed by atoms with Gasteiger partial charge in [0.05, 0.1) is 38.1 Å². The summed E-state index contributed by atoms with van der Waals surface area (Å²) in [4.78, 5) is 26.5. The van der Waals surface area contributed by atoms with Crippen LogP contribution < -0.4 is 19.7 Å². The minimum Gasteiger partial charge on any atom is -0.497 e. The first-order valence-corrected chi connectivity index (χ1v) is 11.8. The molecule has 2 aromatic carbocycles. The zero-order chi connectivity index (χ0) is 24.0. The summed E-state index contributed by atoms with van der Waals surface area (Å²) in [5, 5.41) is 3.01. The van der Waals surface area contributed by atoms with Gasteiger partial charge < -0.3 is 29.3 Å². The fourth-order valence-corrected chi connectivity index (χ4v) is 4.20. The van der Waals surface area contributed by atoms with Crippen molar-refractivity contribution in [3.8, 4) is 17.4 Å². The Labute approximate surface area is 204 Å². The predicted molar refractivity (Wildman–Crippen MR) is 131 cm³/mol. The van der Waals surface area contributed by atoms with E-state index in [4.69, 9.17) is 24.2 Å². The summed E-state index contributed by atoms with van der Waals surface area (Å²) < 4.78 is 17.1. The summed E-state index contributed by atoms with van der Waals surface area (Å²) in [6, 6.07) is 17.2. The number of carbonyl (C=O) groups excluding carboxylic acids is 1. The molecule has 2 aliphatic rings. The van der Waals surface area contributed by atoms with Gasteiger partial charge in [0.15, 0.2) is 0 Å². The standard InChI is InChI=1S/C26H29N5O4/c1-33-20-8-5-9-21(16-20)35-24-22-18-31(26(32)27-17-19-6-3-2-4-7-19)11-10-23(22)28-25(29-24)30-12-14-34-15-13-30/h2-9,16H,10-15,17-18H2,1H3,(H,27,32). The van der Waals surface area contributed by atoms with Crippen LogP contribution in [0.4, 0.5) is 10.7 Å². The van der Waals surface area contributed by atoms with Crippen molar-refractivity contribution in [3.63, 3.8) is 0 Å². The van der Waals surface area contributed by atoms with E-state index in [1.165, 1.54) is 0 Å². The van der Waals surface area contributed by atoms with Crippen molar-refractivity contribution in [2.45, 2.75) is 19.5 Å². The number of urea groups is 1. The van der Waals surface area contributed by atoms with Crippen LogP contribution in [0.1, 0.15) is 16.8 Å². The molecule has 0 bridgehead atoms. The van der Waals surface area contributed by atoms with Gasteiger partial charge in [-0.15, -0.1) is 0 Å². The zero-order valence-corrected chi connectivity index (χ0v) is 19.8. The lowest BCUT2D eigenvalue weighted by Gasteiger charge is -2.32. The molecule has 1 aromatic heterocycles. The van der Waals surface area contributed by atoms with E-state index in [-0.39, 0.29) is 6.03 Å². The van der Waals surface area contributed by atoms with Gasteiger partial charge in [-0.25, -0.2) is 9.78 Å². The normalized spacial score (nSPS) is 15.3. The van der Waals surface area contributed by atoms with Crippen LogP contribution >= 0.6 is 0 Å². The molecule has 0 saturated carbocycles. The molecule has 1 saturated heterocycles. The molecule has 3 aromatic rings. The molecule has 1 fully saturated rings. The van der Waals surface area contributed by atoms with Gasteiger partial charge in [0, 0.05) is 38.7 Å². The molecule has 2 aliphatic heterocycles. The van der Waals surface area contributed by atoms with Crippen LogP contribution in [0.3, 0.4) is 0 Å². The number of hydrogen-bond acceptors (Lipinski definition) is 7. The van der Waals surface area contributed by atoms with E-state index in [1.807, 2.05) is 54.6 Å². The fraction of sp³-hybridized carbons (Fsp3) is 0.346. The second kappa shape index (κ2) is 10.6. The molecular weight excluding hydrogens is 446 g/mol. The Hall–Kier alpha value is -3.85. The van der Waals surface area contributed by atoms with E-state index in [0.717, 1.165) is 29.9 Å². The number of fused-ring (bicyclic) bond motifs is 1. The van der Waals surface area contributed by atoms with Crippen LogP contribution in [-0.4, -0.2) is 60.9 Å². The molecule has 182 valence electrons. The first-order chi connectivity index (χ1) is 17.2. The number of methoxy groups -OCH3 is 1. The van der Waals surface area contributed by atoms with Gasteiger partial charge in [-0.05, 0) is 17.7 Å². The maximum Gasteiger partial charge on any atom is 0.317 e. The lowest BCUT2D eigenvalue weighted by atomic mass is 10.1. The van der Waals surface area contributed by atoms with Gasteiger partial charge in [-0.2, -0.15) is 4.98 Å². The largest absolute Gasteiger partial charge is 0.497 e. The Kier molecular flexibility index (Phi) is 6.94. The number of hydrogen-bond donors (Lipinski definition) is 1. The third-order valence-electron chi connectivity index (χ3n) is 6.13. The van der Waals surface area contributed by atoms with E-state index in [2.05, 4.69) is 10.2 Å². The number of amides is 2. The SMILES string of the molecule is COc1cccc(Oc2nc(N3CCOCC3)nc3c2CN(C(=O)NCc2ccccc2)CC3)c1. The lowest BCUT2D eigenvalue weighted by molar-refractivity contribution is 0.122. The molecule has 0 radical (unpaired) electrons. The molecule has 35 heavy (non-hydrogen) atoms. The Morgan fingerprint density at radius 2 is 1.83 bits per heavy atom. The monoisotopic (exact) mass is 475 g/mol. The number of aromatic nitrogens is 2. The summed E-state index contributed by atoms with van der Waals surface area (Å²) in [6.45, 7) is 4.16. The second-order valence-electron chi connectivity index (χ2n) is 8.45. The number of nitrogens with one attached hydrogen (secondary N) is 1. The summed E-state index contributed by atoms with van der Waals surface area (Å²) in [6.07, 6.45) is 0.627. The van der Waals surface area contributed by atoms with E-state index in [9.17, 15) is 4.79 Å². The average molecular weight is 476 g/mol. The summed E-state index contributed by atoms with van der Waals surface area (Å²) in [5.74, 6) is 2.40. The highest BCUT2D eigenvalue weighted by Gasteiger charge is 2.28. The molecular formula is C26H29N5O4. The minimum absolute atomic E-state index is 0.121. The van der Waals surface area contributed by atoms with Crippen molar-refractivity contribution in [1.29, 1.82) is 0 Å². The van der Waals surface area contributed by atoms with Gasteiger partial charge >= 0.3 is 6.03 Å². The molecule has 0 aliphatic carbocycles. The molecule has 3 heterocycles. The van der Waals surface area contributed by atoms with E-state index >= 15 is 0 Å². The van der Waals surface area contributed by atoms with Gasteiger partial charge in [-0.1, -0.05) is 36.4 Å². The second-order valence-corrected chi connectivity index (χ2v) is 8.45. The molecule has 0 atom stereocenters. The van der Waals surface area contributed by atoms with Crippen molar-refractivity contribution in [2.24, 2.45) is 0 Å². The van der Waals surface area contributed by atoms with E-state index in [0.29, 0.717) is 62.6 Å². The molecule has 0 spiro atoms. The first kappa shape index (κ1) is 22.9. The van der Waals surface area contributed by atoms with Crippen LogP contribution in [0.25, 0.3) is 0 Å². The van der Waals surface area contributed by atoms with Crippen molar-refractivity contribution in [3.05, 3.63) is 71.4 Å². The smallest absolute Gasteiger partial charge is 0.317 e. The van der Waals surface area contributed by atoms with Crippen molar-refractivity contribution >= 4 is 12.0 Å². The van der Waals surface area contributed by atoms with Crippen molar-refractivity contribution in [1.82, 2.24) is 20.2 Å². The van der Waals surface area contributed by atoms with Gasteiger partial charge in [0.2, 0.25) is 11.8 Å². The summed E-state index contributed by atoms with van der Waals surface area (Å²) >= 11 is 0. The quantitative estimate of drug-likeness (QED) is 0.585. The predicted octanol–water partition coefficient (Wildman–Crippen LogP) is 3.38. The topological polar surface area (TPSA) is 89.1 Å². The average Bonchev–Trinajstić information content (AvgIpc) is 2.92. The van der Waals surface area contributed by atoms with E-state index in [1.54, 1.807) is 12.0 Å². The van der Waals surface area contributed by atoms with Crippen LogP contribution in [-0.2, 0) is 24.2 Å². The van der Waals surface area contributed by atoms with Crippen molar-refractivity contribution in [2.75, 3.05) is 44.9 Å². The Bertz CT molecular complexity index is 1170. The molecule has 0 unspecified atom stereocenters. The highest BCUT2D eigenvalue weighted by molar-refractivity contribution is 5.74. The Morgan fingerprint density at radius 1 is 1.03 bits per heavy atom. The third-order valence-corrected chi connectivity index (χ3v) is 6.13. The molecule has 9 nitrogen and oxygen atoms in total. The van der Waals surface area contributed by atoms with E-state index < -0.39 is 0 Å². The zero-order valence-electron chi connectivity index (χ0n) is 19.8. The summed E-state index contributed by atoms with van der Waals surface area (Å²) in [5.41, 5.74) is 2.79. The van der Waals surface area contributed by atoms with Gasteiger partial charge in [-0.3, -0.25) is 0 Å². The number of nitrogens with zero attached hydrogens (tertiary/aromatic N) is 4. The number of carbonyl (C=O) groups is 1. The number of benzene rings is 2. The third kappa shape index (κ3) is 5.46. The molecule has 9 heteroatoms. The molecule has 1 N–H and O–H groups in total. The molecule has 5 rings (SSSR count). The highest BCUT2D eigenvalue weighted by atomic mass is 16.5. The first-order valence-electron chi connectivity index (χ1n) is 11.8. The van der Waals surface area contributed by atoms with Gasteiger partial charge in [0.25, 0.3) is 0 Å². The number of ether oxygens (including phenoxy) is 3. The molecule has 2 amide bonds. The van der Waals surface area contributed by atoms with Crippen LogP contribution in [0.5, 0.6) is 17.4 Å². The fourth-order valence-electron chi connectivity index (χ4n) is 4.20. The van der Waals surface area contributed by atoms with Crippen LogP contribution in [0.2, 0.25) is 0 Å². The maximum absolute atomic E-state index is 12.9. The van der Waals surface area contributed by atoms with Crippen LogP contribution in [0, 0.1) is 0 Å². The summed E-state index contributed by atoms with van der Waals surface area (Å²) in [7, 11) is 1.62. The number of morpholine rings is 1. The van der Waals surface area contributed by atoms with Crippen molar-refractivity contribution < 1.29 is 19.0 Å². The van der Waals surface area contributed by atoms with Crippen LogP contribution in [0.15, 0.2) is 54.6 Å². The Balaban J connectivity index is 1.39. The minimum atomic E-state index is -0.121.